The quantitative estimate of drug-likeness (QED) is 0.599. The number of carbonyl (C=O) groups is 1. The number of amides is 1. The molecule has 0 aliphatic rings. The van der Waals surface area contributed by atoms with Crippen molar-refractivity contribution < 1.29 is 4.79 Å². The minimum absolute atomic E-state index is 0.0352. The molecule has 1 amide bonds. The predicted octanol–water partition coefficient (Wildman–Crippen LogP) is 2.16. The molecule has 7 heteroatoms. The Morgan fingerprint density at radius 3 is 2.57 bits per heavy atom. The maximum Gasteiger partial charge on any atom is 0.230 e. The Labute approximate surface area is 140 Å². The van der Waals surface area contributed by atoms with Crippen LogP contribution < -0.4 is 11.2 Å². The summed E-state index contributed by atoms with van der Waals surface area (Å²) in [5.41, 5.74) is 2.41. The van der Waals surface area contributed by atoms with Crippen LogP contribution >= 0.6 is 11.8 Å². The second kappa shape index (κ2) is 8.01. The number of rotatable bonds is 7. The van der Waals surface area contributed by atoms with E-state index in [0.29, 0.717) is 11.1 Å². The Balaban J connectivity index is 1.84. The van der Waals surface area contributed by atoms with Gasteiger partial charge in [-0.05, 0) is 30.4 Å². The first-order chi connectivity index (χ1) is 11.0. The van der Waals surface area contributed by atoms with Gasteiger partial charge in [-0.25, -0.2) is 4.68 Å². The number of thioether (sulfide) groups is 1. The van der Waals surface area contributed by atoms with Crippen molar-refractivity contribution in [2.45, 2.75) is 38.4 Å². The number of hydrogen-bond acceptors (Lipinski definition) is 5. The molecule has 0 unspecified atom stereocenters. The Morgan fingerprint density at radius 2 is 2.00 bits per heavy atom. The van der Waals surface area contributed by atoms with Crippen LogP contribution in [0.3, 0.4) is 0 Å². The van der Waals surface area contributed by atoms with Crippen molar-refractivity contribution in [1.29, 1.82) is 0 Å². The largest absolute Gasteiger partial charge is 0.349 e. The van der Waals surface area contributed by atoms with E-state index in [1.54, 1.807) is 0 Å². The zero-order chi connectivity index (χ0) is 16.8. The third-order valence-electron chi connectivity index (χ3n) is 3.37. The molecule has 0 bridgehead atoms. The molecule has 0 aliphatic heterocycles. The van der Waals surface area contributed by atoms with Gasteiger partial charge in [-0.1, -0.05) is 49.9 Å². The molecule has 124 valence electrons. The summed E-state index contributed by atoms with van der Waals surface area (Å²) in [6.45, 7) is 6.39. The molecule has 6 nitrogen and oxygen atoms in total. The number of nitrogens with two attached hydrogens (primary N) is 1. The van der Waals surface area contributed by atoms with Gasteiger partial charge in [-0.2, -0.15) is 0 Å². The topological polar surface area (TPSA) is 85.8 Å². The van der Waals surface area contributed by atoms with Crippen LogP contribution in [0.15, 0.2) is 35.7 Å². The van der Waals surface area contributed by atoms with Crippen LogP contribution in [-0.4, -0.2) is 26.5 Å². The van der Waals surface area contributed by atoms with E-state index in [2.05, 4.69) is 53.6 Å². The molecule has 0 aliphatic carbocycles. The third kappa shape index (κ3) is 5.28. The second-order valence-electron chi connectivity index (χ2n) is 5.94. The lowest BCUT2D eigenvalue weighted by Gasteiger charge is -2.15. The first-order valence-electron chi connectivity index (χ1n) is 7.61. The van der Waals surface area contributed by atoms with Gasteiger partial charge >= 0.3 is 0 Å². The molecule has 1 heterocycles. The predicted molar refractivity (Wildman–Crippen MR) is 92.4 cm³/mol. The Hall–Kier alpha value is -2.02. The van der Waals surface area contributed by atoms with Gasteiger partial charge in [-0.3, -0.25) is 4.79 Å². The molecule has 23 heavy (non-hydrogen) atoms. The summed E-state index contributed by atoms with van der Waals surface area (Å²) >= 11 is 1.26. The highest BCUT2D eigenvalue weighted by atomic mass is 32.2. The zero-order valence-corrected chi connectivity index (χ0v) is 14.5. The van der Waals surface area contributed by atoms with Crippen LogP contribution in [0, 0.1) is 5.92 Å². The highest BCUT2D eigenvalue weighted by Gasteiger charge is 2.12. The van der Waals surface area contributed by atoms with Crippen molar-refractivity contribution >= 4 is 17.7 Å². The van der Waals surface area contributed by atoms with Gasteiger partial charge in [-0.15, -0.1) is 10.2 Å². The molecule has 0 saturated carbocycles. The highest BCUT2D eigenvalue weighted by molar-refractivity contribution is 7.99. The van der Waals surface area contributed by atoms with E-state index in [1.807, 2.05) is 6.92 Å². The minimum atomic E-state index is -0.0586. The maximum absolute atomic E-state index is 12.0. The van der Waals surface area contributed by atoms with Crippen molar-refractivity contribution in [3.05, 3.63) is 41.7 Å². The fraction of sp³-hybridized carbons (Fsp3) is 0.438. The fourth-order valence-corrected chi connectivity index (χ4v) is 2.89. The van der Waals surface area contributed by atoms with Crippen molar-refractivity contribution in [2.24, 2.45) is 5.92 Å². The van der Waals surface area contributed by atoms with Gasteiger partial charge in [0.25, 0.3) is 0 Å². The molecular formula is C16H23N5OS. The maximum atomic E-state index is 12.0. The lowest BCUT2D eigenvalue weighted by molar-refractivity contribution is -0.119. The van der Waals surface area contributed by atoms with Gasteiger partial charge < -0.3 is 11.2 Å². The zero-order valence-electron chi connectivity index (χ0n) is 13.7. The summed E-state index contributed by atoms with van der Waals surface area (Å²) in [4.78, 5) is 12.0. The number of nitrogens with zero attached hydrogens (tertiary/aromatic N) is 3. The molecule has 0 fully saturated rings. The summed E-state index contributed by atoms with van der Waals surface area (Å²) in [6.07, 6.45) is 2.47. The molecule has 3 N–H and O–H groups in total. The van der Waals surface area contributed by atoms with E-state index >= 15 is 0 Å². The van der Waals surface area contributed by atoms with Crippen molar-refractivity contribution in [3.63, 3.8) is 0 Å². The van der Waals surface area contributed by atoms with E-state index in [9.17, 15) is 4.79 Å². The van der Waals surface area contributed by atoms with Crippen LogP contribution in [0.25, 0.3) is 0 Å². The SMILES string of the molecule is CC(C)Cc1ccc([C@@H](C)NC(=O)CSc2nncn2N)cc1. The summed E-state index contributed by atoms with van der Waals surface area (Å²) in [7, 11) is 0. The Kier molecular flexibility index (Phi) is 6.04. The summed E-state index contributed by atoms with van der Waals surface area (Å²) in [6, 6.07) is 8.37. The fourth-order valence-electron chi connectivity index (χ4n) is 2.25. The highest BCUT2D eigenvalue weighted by Crippen LogP contribution is 2.17. The molecule has 2 aromatic rings. The van der Waals surface area contributed by atoms with E-state index in [0.717, 1.165) is 12.0 Å². The van der Waals surface area contributed by atoms with Crippen LogP contribution in [0.4, 0.5) is 0 Å². The van der Waals surface area contributed by atoms with Gasteiger partial charge in [0.05, 0.1) is 11.8 Å². The van der Waals surface area contributed by atoms with Gasteiger partial charge in [0, 0.05) is 0 Å². The lowest BCUT2D eigenvalue weighted by atomic mass is 10.00. The molecule has 0 radical (unpaired) electrons. The third-order valence-corrected chi connectivity index (χ3v) is 4.33. The average molecular weight is 333 g/mol. The number of nitrogens with one attached hydrogen (secondary N) is 1. The van der Waals surface area contributed by atoms with Gasteiger partial charge in [0.15, 0.2) is 0 Å². The van der Waals surface area contributed by atoms with Crippen LogP contribution in [0.1, 0.15) is 37.9 Å². The molecule has 1 aromatic heterocycles. The van der Waals surface area contributed by atoms with Gasteiger partial charge in [0.1, 0.15) is 6.33 Å². The molecule has 1 aromatic carbocycles. The van der Waals surface area contributed by atoms with Crippen molar-refractivity contribution in [1.82, 2.24) is 20.2 Å². The van der Waals surface area contributed by atoms with E-state index < -0.39 is 0 Å². The molecule has 2 rings (SSSR count). The average Bonchev–Trinajstić information content (AvgIpc) is 2.90. The Bertz CT molecular complexity index is 638. The number of carbonyl (C=O) groups excluding carboxylic acids is 1. The van der Waals surface area contributed by atoms with Crippen LogP contribution in [-0.2, 0) is 11.2 Å². The molecule has 0 saturated heterocycles. The summed E-state index contributed by atoms with van der Waals surface area (Å²) < 4.78 is 1.30. The van der Waals surface area contributed by atoms with Crippen LogP contribution in [0.2, 0.25) is 0 Å². The van der Waals surface area contributed by atoms with E-state index in [1.165, 1.54) is 28.3 Å². The van der Waals surface area contributed by atoms with E-state index in [4.69, 9.17) is 5.84 Å². The lowest BCUT2D eigenvalue weighted by Crippen LogP contribution is -2.28. The normalized spacial score (nSPS) is 12.3. The number of aromatic nitrogens is 3. The number of benzene rings is 1. The van der Waals surface area contributed by atoms with Gasteiger partial charge in [0.2, 0.25) is 11.1 Å². The van der Waals surface area contributed by atoms with Crippen molar-refractivity contribution in [2.75, 3.05) is 11.6 Å². The first kappa shape index (κ1) is 17.3. The smallest absolute Gasteiger partial charge is 0.230 e. The van der Waals surface area contributed by atoms with E-state index in [-0.39, 0.29) is 17.7 Å². The number of hydrogen-bond donors (Lipinski definition) is 2. The van der Waals surface area contributed by atoms with Crippen molar-refractivity contribution in [3.8, 4) is 0 Å². The standard InChI is InChI=1S/C16H23N5OS/c1-11(2)8-13-4-6-14(7-5-13)12(3)19-15(22)9-23-16-20-18-10-21(16)17/h4-7,10-12H,8-9,17H2,1-3H3,(H,19,22)/t12-/m1/s1. The molecule has 0 spiro atoms. The summed E-state index contributed by atoms with van der Waals surface area (Å²) in [5, 5.41) is 11.0. The Morgan fingerprint density at radius 1 is 1.30 bits per heavy atom. The summed E-state index contributed by atoms with van der Waals surface area (Å²) in [5.74, 6) is 6.44. The monoisotopic (exact) mass is 333 g/mol. The second-order valence-corrected chi connectivity index (χ2v) is 6.88. The minimum Gasteiger partial charge on any atom is -0.349 e. The number of nitrogen functional groups attached to an aromatic ring is 1. The molecular weight excluding hydrogens is 310 g/mol. The molecule has 1 atom stereocenters. The van der Waals surface area contributed by atoms with Crippen LogP contribution in [0.5, 0.6) is 0 Å². The first-order valence-corrected chi connectivity index (χ1v) is 8.60.